The molecule has 0 heterocycles. The molecule has 4 aromatic rings. The lowest BCUT2D eigenvalue weighted by Gasteiger charge is -2.10. The van der Waals surface area contributed by atoms with Gasteiger partial charge in [0.05, 0.1) is 12.2 Å². The number of rotatable bonds is 5. The highest BCUT2D eigenvalue weighted by Gasteiger charge is 2.15. The summed E-state index contributed by atoms with van der Waals surface area (Å²) in [5.41, 5.74) is 1.23. The van der Waals surface area contributed by atoms with Crippen LogP contribution < -0.4 is 4.74 Å². The highest BCUT2D eigenvalue weighted by molar-refractivity contribution is 5.84. The minimum Gasteiger partial charge on any atom is -0.493 e. The third-order valence-electron chi connectivity index (χ3n) is 5.28. The van der Waals surface area contributed by atoms with Crippen LogP contribution in [0, 0.1) is 40.9 Å². The molecular formula is C28H19F5O. The Bertz CT molecular complexity index is 1390. The van der Waals surface area contributed by atoms with Crippen LogP contribution in [0.3, 0.4) is 0 Å². The first-order valence-electron chi connectivity index (χ1n) is 10.7. The molecule has 4 rings (SSSR count). The molecule has 0 radical (unpaired) electrons. The Hall–Kier alpha value is -3.85. The number of fused-ring (bicyclic) bond motifs is 1. The molecule has 0 saturated carbocycles. The summed E-state index contributed by atoms with van der Waals surface area (Å²) in [4.78, 5) is 0. The first-order valence-corrected chi connectivity index (χ1v) is 10.7. The van der Waals surface area contributed by atoms with Gasteiger partial charge >= 0.3 is 0 Å². The van der Waals surface area contributed by atoms with E-state index in [1.165, 1.54) is 30.3 Å². The topological polar surface area (TPSA) is 9.23 Å². The Morgan fingerprint density at radius 2 is 1.35 bits per heavy atom. The number of ether oxygens (including phenoxy) is 1. The van der Waals surface area contributed by atoms with E-state index in [0.717, 1.165) is 18.9 Å². The quantitative estimate of drug-likeness (QED) is 0.126. The standard InChI is InChI=1S/C28H19F5O/c1-2-3-12-34-21-15-23(29)26(24(30)16-21)19-9-6-17(7-10-19)4-5-18-8-11-22-20(13-18)14-25(31)28(33)27(22)32/h6-11,13-16H,2-3,12H2,1H3. The number of hydrogen-bond acceptors (Lipinski definition) is 1. The van der Waals surface area contributed by atoms with Crippen LogP contribution in [0.25, 0.3) is 21.9 Å². The Morgan fingerprint density at radius 1 is 0.706 bits per heavy atom. The van der Waals surface area contributed by atoms with E-state index in [2.05, 4.69) is 11.8 Å². The predicted octanol–water partition coefficient (Wildman–Crippen LogP) is 7.78. The van der Waals surface area contributed by atoms with Crippen LogP contribution >= 0.6 is 0 Å². The summed E-state index contributed by atoms with van der Waals surface area (Å²) in [6.07, 6.45) is 1.70. The Labute approximate surface area is 193 Å². The normalized spacial score (nSPS) is 10.8. The van der Waals surface area contributed by atoms with Gasteiger partial charge in [-0.25, -0.2) is 22.0 Å². The molecule has 0 spiro atoms. The van der Waals surface area contributed by atoms with Gasteiger partial charge in [0.15, 0.2) is 17.5 Å². The summed E-state index contributed by atoms with van der Waals surface area (Å²) in [6.45, 7) is 2.38. The van der Waals surface area contributed by atoms with Crippen molar-refractivity contribution in [1.29, 1.82) is 0 Å². The average molecular weight is 466 g/mol. The van der Waals surface area contributed by atoms with Crippen molar-refractivity contribution in [2.75, 3.05) is 6.61 Å². The summed E-state index contributed by atoms with van der Waals surface area (Å²) >= 11 is 0. The summed E-state index contributed by atoms with van der Waals surface area (Å²) < 4.78 is 75.3. The molecule has 0 amide bonds. The van der Waals surface area contributed by atoms with Crippen molar-refractivity contribution in [2.45, 2.75) is 19.8 Å². The van der Waals surface area contributed by atoms with Gasteiger partial charge < -0.3 is 4.74 Å². The molecule has 0 N–H and O–H groups in total. The number of unbranched alkanes of at least 4 members (excludes halogenated alkanes) is 1. The van der Waals surface area contributed by atoms with E-state index in [1.807, 2.05) is 6.92 Å². The van der Waals surface area contributed by atoms with Crippen molar-refractivity contribution >= 4 is 10.8 Å². The van der Waals surface area contributed by atoms with E-state index in [-0.39, 0.29) is 22.1 Å². The van der Waals surface area contributed by atoms with E-state index in [4.69, 9.17) is 4.74 Å². The molecule has 6 heteroatoms. The van der Waals surface area contributed by atoms with E-state index in [0.29, 0.717) is 23.3 Å². The monoisotopic (exact) mass is 466 g/mol. The van der Waals surface area contributed by atoms with Crippen LogP contribution in [0.5, 0.6) is 5.75 Å². The first kappa shape index (κ1) is 23.3. The van der Waals surface area contributed by atoms with Gasteiger partial charge in [-0.2, -0.15) is 0 Å². The van der Waals surface area contributed by atoms with Crippen LogP contribution in [0.1, 0.15) is 30.9 Å². The zero-order valence-corrected chi connectivity index (χ0v) is 18.2. The van der Waals surface area contributed by atoms with Crippen LogP contribution in [-0.2, 0) is 0 Å². The van der Waals surface area contributed by atoms with Gasteiger partial charge in [-0.3, -0.25) is 0 Å². The molecule has 0 aliphatic rings. The van der Waals surface area contributed by atoms with E-state index >= 15 is 0 Å². The van der Waals surface area contributed by atoms with E-state index in [1.54, 1.807) is 24.3 Å². The van der Waals surface area contributed by atoms with Crippen LogP contribution in [0.15, 0.2) is 60.7 Å². The maximum absolute atomic E-state index is 14.6. The zero-order valence-electron chi connectivity index (χ0n) is 18.2. The number of benzene rings is 4. The first-order chi connectivity index (χ1) is 16.4. The molecular weight excluding hydrogens is 447 g/mol. The molecule has 0 atom stereocenters. The highest BCUT2D eigenvalue weighted by Crippen LogP contribution is 2.30. The lowest BCUT2D eigenvalue weighted by Crippen LogP contribution is -1.99. The van der Waals surface area contributed by atoms with E-state index < -0.39 is 29.1 Å². The maximum atomic E-state index is 14.6. The SMILES string of the molecule is CCCCOc1cc(F)c(-c2ccc(C#Cc3ccc4c(F)c(F)c(F)cc4c3)cc2)c(F)c1. The molecule has 0 aromatic heterocycles. The molecule has 0 fully saturated rings. The number of hydrogen-bond donors (Lipinski definition) is 0. The fourth-order valence-corrected chi connectivity index (χ4v) is 3.49. The molecule has 0 aliphatic carbocycles. The summed E-state index contributed by atoms with van der Waals surface area (Å²) in [5, 5.41) is 0.145. The molecule has 0 bridgehead atoms. The Balaban J connectivity index is 1.56. The van der Waals surface area contributed by atoms with Crippen LogP contribution in [0.4, 0.5) is 22.0 Å². The molecule has 172 valence electrons. The fraction of sp³-hybridized carbons (Fsp3) is 0.143. The van der Waals surface area contributed by atoms with Crippen molar-refractivity contribution in [3.63, 3.8) is 0 Å². The second kappa shape index (κ2) is 9.96. The van der Waals surface area contributed by atoms with Crippen LogP contribution in [0.2, 0.25) is 0 Å². The average Bonchev–Trinajstić information content (AvgIpc) is 2.82. The second-order valence-electron chi connectivity index (χ2n) is 7.71. The molecule has 0 unspecified atom stereocenters. The van der Waals surface area contributed by atoms with Gasteiger partial charge in [0.1, 0.15) is 17.4 Å². The predicted molar refractivity (Wildman–Crippen MR) is 122 cm³/mol. The lowest BCUT2D eigenvalue weighted by atomic mass is 10.0. The van der Waals surface area contributed by atoms with Crippen molar-refractivity contribution in [3.8, 4) is 28.7 Å². The van der Waals surface area contributed by atoms with Gasteiger partial charge in [0.25, 0.3) is 0 Å². The van der Waals surface area contributed by atoms with Gasteiger partial charge in [0.2, 0.25) is 0 Å². The van der Waals surface area contributed by atoms with Gasteiger partial charge in [-0.05, 0) is 47.7 Å². The zero-order chi connectivity index (χ0) is 24.2. The second-order valence-corrected chi connectivity index (χ2v) is 7.71. The molecule has 1 nitrogen and oxygen atoms in total. The van der Waals surface area contributed by atoms with Crippen molar-refractivity contribution in [1.82, 2.24) is 0 Å². The minimum absolute atomic E-state index is 0.0420. The van der Waals surface area contributed by atoms with Crippen molar-refractivity contribution < 1.29 is 26.7 Å². The Morgan fingerprint density at radius 3 is 2.03 bits per heavy atom. The smallest absolute Gasteiger partial charge is 0.195 e. The summed E-state index contributed by atoms with van der Waals surface area (Å²) in [5.74, 6) is 0.423. The molecule has 34 heavy (non-hydrogen) atoms. The third kappa shape index (κ3) is 4.89. The largest absolute Gasteiger partial charge is 0.493 e. The third-order valence-corrected chi connectivity index (χ3v) is 5.28. The summed E-state index contributed by atoms with van der Waals surface area (Å²) in [7, 11) is 0. The van der Waals surface area contributed by atoms with Gasteiger partial charge in [0, 0.05) is 28.6 Å². The molecule has 0 aliphatic heterocycles. The van der Waals surface area contributed by atoms with Gasteiger partial charge in [-0.1, -0.05) is 43.4 Å². The summed E-state index contributed by atoms with van der Waals surface area (Å²) in [6, 6.07) is 13.9. The van der Waals surface area contributed by atoms with Crippen LogP contribution in [-0.4, -0.2) is 6.61 Å². The van der Waals surface area contributed by atoms with Gasteiger partial charge in [-0.15, -0.1) is 0 Å². The van der Waals surface area contributed by atoms with Crippen molar-refractivity contribution in [2.24, 2.45) is 0 Å². The minimum atomic E-state index is -1.52. The highest BCUT2D eigenvalue weighted by atomic mass is 19.2. The molecule has 4 aromatic carbocycles. The fourth-order valence-electron chi connectivity index (χ4n) is 3.49. The molecule has 0 saturated heterocycles. The number of halogens is 5. The van der Waals surface area contributed by atoms with E-state index in [9.17, 15) is 22.0 Å². The van der Waals surface area contributed by atoms with Crippen molar-refractivity contribution in [3.05, 3.63) is 101 Å². The lowest BCUT2D eigenvalue weighted by molar-refractivity contribution is 0.306. The maximum Gasteiger partial charge on any atom is 0.195 e. The Kier molecular flexibility index (Phi) is 6.83.